The third-order valence-electron chi connectivity index (χ3n) is 6.17. The molecule has 0 atom stereocenters. The second-order valence-electron chi connectivity index (χ2n) is 7.82. The molecule has 2 aliphatic carbocycles. The van der Waals surface area contributed by atoms with Crippen LogP contribution in [0.3, 0.4) is 0 Å². The van der Waals surface area contributed by atoms with Gasteiger partial charge in [0.15, 0.2) is 0 Å². The third-order valence-corrected chi connectivity index (χ3v) is 6.17. The average molecular weight is 327 g/mol. The first-order valence-electron chi connectivity index (χ1n) is 9.87. The Kier molecular flexibility index (Phi) is 6.30. The largest absolute Gasteiger partial charge is 0.227 e. The van der Waals surface area contributed by atoms with Crippen molar-refractivity contribution in [3.8, 4) is 11.8 Å². The van der Waals surface area contributed by atoms with Gasteiger partial charge in [0.2, 0.25) is 5.95 Å². The molecule has 2 fully saturated rings. The smallest absolute Gasteiger partial charge is 0.212 e. The molecule has 0 spiro atoms. The van der Waals surface area contributed by atoms with Gasteiger partial charge in [0, 0.05) is 17.7 Å². The second-order valence-corrected chi connectivity index (χ2v) is 7.82. The van der Waals surface area contributed by atoms with Crippen LogP contribution >= 0.6 is 0 Å². The molecule has 0 unspecified atom stereocenters. The highest BCUT2D eigenvalue weighted by atomic mass is 19.1. The number of halogens is 1. The van der Waals surface area contributed by atoms with Crippen molar-refractivity contribution in [3.63, 3.8) is 0 Å². The van der Waals surface area contributed by atoms with Crippen LogP contribution in [-0.4, -0.2) is 4.98 Å². The van der Waals surface area contributed by atoms with Crippen molar-refractivity contribution in [1.82, 2.24) is 4.98 Å². The fourth-order valence-electron chi connectivity index (χ4n) is 4.73. The van der Waals surface area contributed by atoms with Crippen molar-refractivity contribution in [3.05, 3.63) is 29.8 Å². The third kappa shape index (κ3) is 4.82. The summed E-state index contributed by atoms with van der Waals surface area (Å²) in [6, 6.07) is 3.10. The summed E-state index contributed by atoms with van der Waals surface area (Å²) in [4.78, 5) is 3.67. The minimum atomic E-state index is -0.435. The molecule has 1 nitrogen and oxygen atoms in total. The van der Waals surface area contributed by atoms with Crippen LogP contribution in [0.25, 0.3) is 0 Å². The van der Waals surface area contributed by atoms with Gasteiger partial charge in [-0.15, -0.1) is 0 Å². The molecule has 0 aliphatic heterocycles. The lowest BCUT2D eigenvalue weighted by Crippen LogP contribution is -2.25. The van der Waals surface area contributed by atoms with Gasteiger partial charge >= 0.3 is 0 Å². The molecule has 1 heterocycles. The van der Waals surface area contributed by atoms with Gasteiger partial charge < -0.3 is 0 Å². The van der Waals surface area contributed by atoms with Crippen LogP contribution < -0.4 is 0 Å². The van der Waals surface area contributed by atoms with Crippen LogP contribution in [0.5, 0.6) is 0 Å². The summed E-state index contributed by atoms with van der Waals surface area (Å²) in [7, 11) is 0. The van der Waals surface area contributed by atoms with Crippen LogP contribution in [0.15, 0.2) is 18.3 Å². The maximum absolute atomic E-state index is 12.8. The van der Waals surface area contributed by atoms with Gasteiger partial charge in [-0.3, -0.25) is 0 Å². The van der Waals surface area contributed by atoms with E-state index in [-0.39, 0.29) is 0 Å². The highest BCUT2D eigenvalue weighted by Gasteiger charge is 2.30. The zero-order chi connectivity index (χ0) is 16.8. The van der Waals surface area contributed by atoms with E-state index in [1.54, 1.807) is 6.07 Å². The summed E-state index contributed by atoms with van der Waals surface area (Å²) < 4.78 is 12.8. The molecule has 0 amide bonds. The van der Waals surface area contributed by atoms with Crippen LogP contribution in [0.1, 0.15) is 76.7 Å². The number of rotatable bonds is 3. The molecule has 2 aliphatic rings. The predicted molar refractivity (Wildman–Crippen MR) is 96.9 cm³/mol. The first-order valence-corrected chi connectivity index (χ1v) is 9.87. The Labute approximate surface area is 146 Å². The van der Waals surface area contributed by atoms with Gasteiger partial charge in [0.1, 0.15) is 0 Å². The van der Waals surface area contributed by atoms with E-state index in [2.05, 4.69) is 23.7 Å². The monoisotopic (exact) mass is 327 g/mol. The van der Waals surface area contributed by atoms with Crippen LogP contribution in [0, 0.1) is 41.5 Å². The SMILES string of the molecule is CCC[C@H]1CC[C@H](C2CCC(C#Cc3ccc(F)nc3)CC2)CC1. The first kappa shape index (κ1) is 17.5. The molecule has 0 saturated heterocycles. The summed E-state index contributed by atoms with van der Waals surface area (Å²) in [5.41, 5.74) is 0.827. The highest BCUT2D eigenvalue weighted by Crippen LogP contribution is 2.42. The number of aromatic nitrogens is 1. The number of nitrogens with zero attached hydrogens (tertiary/aromatic N) is 1. The van der Waals surface area contributed by atoms with Gasteiger partial charge in [-0.2, -0.15) is 4.39 Å². The molecular weight excluding hydrogens is 297 g/mol. The molecule has 2 saturated carbocycles. The molecule has 2 heteroatoms. The summed E-state index contributed by atoms with van der Waals surface area (Å²) in [5.74, 6) is 9.58. The molecule has 0 N–H and O–H groups in total. The van der Waals surface area contributed by atoms with E-state index >= 15 is 0 Å². The molecule has 24 heavy (non-hydrogen) atoms. The molecule has 1 aromatic rings. The van der Waals surface area contributed by atoms with Crippen LogP contribution in [0.4, 0.5) is 4.39 Å². The van der Waals surface area contributed by atoms with Crippen LogP contribution in [-0.2, 0) is 0 Å². The topological polar surface area (TPSA) is 12.9 Å². The zero-order valence-electron chi connectivity index (χ0n) is 14.9. The Balaban J connectivity index is 1.44. The van der Waals surface area contributed by atoms with Crippen molar-refractivity contribution < 1.29 is 4.39 Å². The Bertz CT molecular complexity index is 552. The number of hydrogen-bond donors (Lipinski definition) is 0. The lowest BCUT2D eigenvalue weighted by molar-refractivity contribution is 0.154. The highest BCUT2D eigenvalue weighted by molar-refractivity contribution is 5.32. The van der Waals surface area contributed by atoms with Gasteiger partial charge in [-0.1, -0.05) is 44.4 Å². The number of pyridine rings is 1. The zero-order valence-corrected chi connectivity index (χ0v) is 14.9. The minimum Gasteiger partial charge on any atom is -0.227 e. The standard InChI is InChI=1S/C22H30FN/c1-2-3-17-6-11-20(12-7-17)21-13-8-18(9-14-21)4-5-19-10-15-22(23)24-16-19/h10,15-18,20-21H,2-3,6-9,11-14H2,1H3/t17-,18?,20-,21?. The average Bonchev–Trinajstić information content (AvgIpc) is 2.63. The minimum absolute atomic E-state index is 0.435. The lowest BCUT2D eigenvalue weighted by atomic mass is 9.69. The van der Waals surface area contributed by atoms with E-state index in [9.17, 15) is 4.39 Å². The van der Waals surface area contributed by atoms with Crippen molar-refractivity contribution in [2.24, 2.45) is 23.7 Å². The lowest BCUT2D eigenvalue weighted by Gasteiger charge is -2.37. The van der Waals surface area contributed by atoms with Crippen molar-refractivity contribution in [1.29, 1.82) is 0 Å². The molecule has 3 rings (SSSR count). The first-order chi connectivity index (χ1) is 11.7. The molecule has 0 bridgehead atoms. The Morgan fingerprint density at radius 1 is 1.00 bits per heavy atom. The van der Waals surface area contributed by atoms with E-state index < -0.39 is 5.95 Å². The molecule has 1 aromatic heterocycles. The normalized spacial score (nSPS) is 30.4. The maximum Gasteiger partial charge on any atom is 0.212 e. The molecule has 130 valence electrons. The van der Waals surface area contributed by atoms with Crippen molar-refractivity contribution in [2.45, 2.75) is 71.1 Å². The second kappa shape index (κ2) is 8.65. The predicted octanol–water partition coefficient (Wildman–Crippen LogP) is 5.99. The van der Waals surface area contributed by atoms with E-state index in [1.807, 2.05) is 0 Å². The van der Waals surface area contributed by atoms with Crippen molar-refractivity contribution in [2.75, 3.05) is 0 Å². The van der Waals surface area contributed by atoms with Gasteiger partial charge in [0.25, 0.3) is 0 Å². The Hall–Kier alpha value is -1.36. The van der Waals surface area contributed by atoms with E-state index in [4.69, 9.17) is 0 Å². The van der Waals surface area contributed by atoms with Gasteiger partial charge in [0.05, 0.1) is 0 Å². The van der Waals surface area contributed by atoms with E-state index in [1.165, 1.54) is 76.5 Å². The fraction of sp³-hybridized carbons (Fsp3) is 0.682. The molecule has 0 radical (unpaired) electrons. The molecular formula is C22H30FN. The summed E-state index contributed by atoms with van der Waals surface area (Å²) in [5, 5.41) is 0. The van der Waals surface area contributed by atoms with E-state index in [0.717, 1.165) is 23.3 Å². The van der Waals surface area contributed by atoms with E-state index in [0.29, 0.717) is 5.92 Å². The Morgan fingerprint density at radius 3 is 2.25 bits per heavy atom. The summed E-state index contributed by atoms with van der Waals surface area (Å²) in [6.45, 7) is 2.32. The van der Waals surface area contributed by atoms with Crippen molar-refractivity contribution >= 4 is 0 Å². The maximum atomic E-state index is 12.8. The fourth-order valence-corrected chi connectivity index (χ4v) is 4.73. The van der Waals surface area contributed by atoms with Gasteiger partial charge in [-0.05, 0) is 68.4 Å². The number of hydrogen-bond acceptors (Lipinski definition) is 1. The quantitative estimate of drug-likeness (QED) is 0.491. The summed E-state index contributed by atoms with van der Waals surface area (Å²) >= 11 is 0. The van der Waals surface area contributed by atoms with Crippen LogP contribution in [0.2, 0.25) is 0 Å². The molecule has 0 aromatic carbocycles. The summed E-state index contributed by atoms with van der Waals surface area (Å²) in [6.07, 6.45) is 15.4. The Morgan fingerprint density at radius 2 is 1.67 bits per heavy atom. The van der Waals surface area contributed by atoms with Gasteiger partial charge in [-0.25, -0.2) is 4.98 Å².